The third-order valence-corrected chi connectivity index (χ3v) is 3.60. The van der Waals surface area contributed by atoms with Crippen molar-refractivity contribution < 1.29 is 4.74 Å². The summed E-state index contributed by atoms with van der Waals surface area (Å²) in [5, 5.41) is 3.36. The van der Waals surface area contributed by atoms with E-state index in [1.807, 2.05) is 16.8 Å². The number of fused-ring (bicyclic) bond motifs is 1. The van der Waals surface area contributed by atoms with Gasteiger partial charge in [-0.25, -0.2) is 9.97 Å². The SMILES string of the molecule is Brc1cn2ccnc2c(NCCC2CCOC2)n1. The largest absolute Gasteiger partial charge is 0.381 e. The molecule has 1 saturated heterocycles. The first-order chi connectivity index (χ1) is 8.83. The van der Waals surface area contributed by atoms with Gasteiger partial charge in [0, 0.05) is 38.3 Å². The Balaban J connectivity index is 1.67. The molecule has 0 aromatic carbocycles. The average molecular weight is 311 g/mol. The normalized spacial score (nSPS) is 19.5. The van der Waals surface area contributed by atoms with Crippen LogP contribution in [0, 0.1) is 5.92 Å². The molecule has 2 aromatic heterocycles. The van der Waals surface area contributed by atoms with Crippen LogP contribution in [0.25, 0.3) is 5.65 Å². The molecule has 0 amide bonds. The van der Waals surface area contributed by atoms with Gasteiger partial charge >= 0.3 is 0 Å². The van der Waals surface area contributed by atoms with E-state index in [1.54, 1.807) is 6.20 Å². The number of hydrogen-bond donors (Lipinski definition) is 1. The monoisotopic (exact) mass is 310 g/mol. The first-order valence-corrected chi connectivity index (χ1v) is 6.93. The number of nitrogens with zero attached hydrogens (tertiary/aromatic N) is 3. The Kier molecular flexibility index (Phi) is 3.47. The summed E-state index contributed by atoms with van der Waals surface area (Å²) in [5.41, 5.74) is 0.862. The van der Waals surface area contributed by atoms with Crippen LogP contribution in [-0.4, -0.2) is 34.1 Å². The Labute approximate surface area is 114 Å². The molecule has 3 heterocycles. The molecule has 0 saturated carbocycles. The number of anilines is 1. The van der Waals surface area contributed by atoms with Gasteiger partial charge in [-0.2, -0.15) is 0 Å². The van der Waals surface area contributed by atoms with E-state index in [-0.39, 0.29) is 0 Å². The fourth-order valence-electron chi connectivity index (χ4n) is 2.23. The van der Waals surface area contributed by atoms with Gasteiger partial charge in [0.2, 0.25) is 0 Å². The first kappa shape index (κ1) is 11.9. The average Bonchev–Trinajstić information content (AvgIpc) is 2.98. The standard InChI is InChI=1S/C12H15BrN4O/c13-10-7-17-5-4-15-12(17)11(16-10)14-3-1-9-2-6-18-8-9/h4-5,7,9H,1-3,6,8H2,(H,14,16). The molecule has 1 N–H and O–H groups in total. The van der Waals surface area contributed by atoms with Gasteiger partial charge in [0.25, 0.3) is 0 Å². The lowest BCUT2D eigenvalue weighted by atomic mass is 10.1. The third kappa shape index (κ3) is 2.49. The molecule has 5 nitrogen and oxygen atoms in total. The molecular weight excluding hydrogens is 296 g/mol. The van der Waals surface area contributed by atoms with Crippen LogP contribution in [0.3, 0.4) is 0 Å². The van der Waals surface area contributed by atoms with E-state index in [0.717, 1.165) is 42.2 Å². The maximum atomic E-state index is 5.37. The van der Waals surface area contributed by atoms with Crippen molar-refractivity contribution in [1.82, 2.24) is 14.4 Å². The maximum Gasteiger partial charge on any atom is 0.180 e. The molecule has 0 bridgehead atoms. The summed E-state index contributed by atoms with van der Waals surface area (Å²) in [6.45, 7) is 2.71. The minimum absolute atomic E-state index is 0.681. The van der Waals surface area contributed by atoms with Gasteiger partial charge in [-0.1, -0.05) is 0 Å². The molecule has 2 aromatic rings. The van der Waals surface area contributed by atoms with Crippen molar-refractivity contribution in [3.8, 4) is 0 Å². The molecule has 0 spiro atoms. The van der Waals surface area contributed by atoms with E-state index in [2.05, 4.69) is 31.2 Å². The molecule has 1 fully saturated rings. The van der Waals surface area contributed by atoms with E-state index in [1.165, 1.54) is 6.42 Å². The molecular formula is C12H15BrN4O. The van der Waals surface area contributed by atoms with Crippen LogP contribution in [0.1, 0.15) is 12.8 Å². The summed E-state index contributed by atoms with van der Waals surface area (Å²) >= 11 is 3.41. The van der Waals surface area contributed by atoms with Crippen LogP contribution in [0.5, 0.6) is 0 Å². The van der Waals surface area contributed by atoms with E-state index >= 15 is 0 Å². The molecule has 3 rings (SSSR count). The Morgan fingerprint density at radius 3 is 3.33 bits per heavy atom. The summed E-state index contributed by atoms with van der Waals surface area (Å²) in [6, 6.07) is 0. The lowest BCUT2D eigenvalue weighted by Crippen LogP contribution is -2.11. The Morgan fingerprint density at radius 1 is 1.56 bits per heavy atom. The van der Waals surface area contributed by atoms with Crippen LogP contribution >= 0.6 is 15.9 Å². The highest BCUT2D eigenvalue weighted by molar-refractivity contribution is 9.10. The fourth-order valence-corrected chi connectivity index (χ4v) is 2.62. The lowest BCUT2D eigenvalue weighted by Gasteiger charge is -2.10. The molecule has 18 heavy (non-hydrogen) atoms. The molecule has 0 aliphatic carbocycles. The Hall–Kier alpha value is -1.14. The van der Waals surface area contributed by atoms with Crippen LogP contribution < -0.4 is 5.32 Å². The van der Waals surface area contributed by atoms with Gasteiger partial charge in [0.05, 0.1) is 0 Å². The number of hydrogen-bond acceptors (Lipinski definition) is 4. The van der Waals surface area contributed by atoms with Crippen molar-refractivity contribution in [3.63, 3.8) is 0 Å². The minimum atomic E-state index is 0.681. The van der Waals surface area contributed by atoms with Gasteiger partial charge in [0.1, 0.15) is 4.60 Å². The number of rotatable bonds is 4. The molecule has 0 radical (unpaired) electrons. The maximum absolute atomic E-state index is 5.37. The quantitative estimate of drug-likeness (QED) is 0.941. The van der Waals surface area contributed by atoms with Crippen molar-refractivity contribution in [2.75, 3.05) is 25.1 Å². The van der Waals surface area contributed by atoms with E-state index in [9.17, 15) is 0 Å². The van der Waals surface area contributed by atoms with E-state index in [4.69, 9.17) is 4.74 Å². The molecule has 1 aliphatic heterocycles. The van der Waals surface area contributed by atoms with Crippen LogP contribution in [0.15, 0.2) is 23.2 Å². The highest BCUT2D eigenvalue weighted by atomic mass is 79.9. The lowest BCUT2D eigenvalue weighted by molar-refractivity contribution is 0.185. The summed E-state index contributed by atoms with van der Waals surface area (Å²) in [5.74, 6) is 1.51. The number of imidazole rings is 1. The first-order valence-electron chi connectivity index (χ1n) is 6.14. The van der Waals surface area contributed by atoms with Crippen molar-refractivity contribution >= 4 is 27.4 Å². The van der Waals surface area contributed by atoms with Crippen molar-refractivity contribution in [3.05, 3.63) is 23.2 Å². The van der Waals surface area contributed by atoms with Gasteiger partial charge in [-0.05, 0) is 34.7 Å². The molecule has 1 atom stereocenters. The summed E-state index contributed by atoms with van der Waals surface area (Å²) < 4.78 is 8.13. The second kappa shape index (κ2) is 5.24. The van der Waals surface area contributed by atoms with Gasteiger partial charge < -0.3 is 14.5 Å². The number of halogens is 1. The number of aromatic nitrogens is 3. The molecule has 96 valence electrons. The zero-order valence-corrected chi connectivity index (χ0v) is 11.6. The second-order valence-electron chi connectivity index (χ2n) is 4.52. The van der Waals surface area contributed by atoms with Crippen molar-refractivity contribution in [2.24, 2.45) is 5.92 Å². The van der Waals surface area contributed by atoms with E-state index in [0.29, 0.717) is 5.92 Å². The topological polar surface area (TPSA) is 51.5 Å². The van der Waals surface area contributed by atoms with Crippen molar-refractivity contribution in [2.45, 2.75) is 12.8 Å². The fraction of sp³-hybridized carbons (Fsp3) is 0.500. The predicted octanol–water partition coefficient (Wildman–Crippen LogP) is 2.33. The third-order valence-electron chi connectivity index (χ3n) is 3.21. The molecule has 6 heteroatoms. The molecule has 1 unspecified atom stereocenters. The van der Waals surface area contributed by atoms with Crippen LogP contribution in [-0.2, 0) is 4.74 Å². The number of nitrogens with one attached hydrogen (secondary N) is 1. The Morgan fingerprint density at radius 2 is 2.50 bits per heavy atom. The summed E-state index contributed by atoms with van der Waals surface area (Å²) in [7, 11) is 0. The van der Waals surface area contributed by atoms with Crippen LogP contribution in [0.4, 0.5) is 5.82 Å². The van der Waals surface area contributed by atoms with Gasteiger partial charge in [-0.15, -0.1) is 0 Å². The molecule has 1 aliphatic rings. The van der Waals surface area contributed by atoms with Gasteiger partial charge in [0.15, 0.2) is 11.5 Å². The second-order valence-corrected chi connectivity index (χ2v) is 5.33. The minimum Gasteiger partial charge on any atom is -0.381 e. The van der Waals surface area contributed by atoms with Crippen molar-refractivity contribution in [1.29, 1.82) is 0 Å². The summed E-state index contributed by atoms with van der Waals surface area (Å²) in [4.78, 5) is 8.73. The Bertz CT molecular complexity index is 536. The van der Waals surface area contributed by atoms with Gasteiger partial charge in [-0.3, -0.25) is 0 Å². The number of ether oxygens (including phenoxy) is 1. The zero-order chi connectivity index (χ0) is 12.4. The summed E-state index contributed by atoms with van der Waals surface area (Å²) in [6.07, 6.45) is 7.88. The smallest absolute Gasteiger partial charge is 0.180 e. The highest BCUT2D eigenvalue weighted by Gasteiger charge is 2.15. The highest BCUT2D eigenvalue weighted by Crippen LogP contribution is 2.19. The zero-order valence-electron chi connectivity index (χ0n) is 9.97. The van der Waals surface area contributed by atoms with E-state index < -0.39 is 0 Å². The van der Waals surface area contributed by atoms with Crippen LogP contribution in [0.2, 0.25) is 0 Å². The predicted molar refractivity (Wildman–Crippen MR) is 72.7 cm³/mol.